The van der Waals surface area contributed by atoms with Crippen molar-refractivity contribution in [2.24, 2.45) is 0 Å². The Bertz CT molecular complexity index is 1010. The van der Waals surface area contributed by atoms with Gasteiger partial charge in [-0.3, -0.25) is 4.79 Å². The van der Waals surface area contributed by atoms with Gasteiger partial charge in [0.1, 0.15) is 6.54 Å². The third-order valence-corrected chi connectivity index (χ3v) is 6.33. The molecule has 11 heteroatoms. The molecular weight excluding hydrogens is 463 g/mol. The minimum atomic E-state index is -3.35. The summed E-state index contributed by atoms with van der Waals surface area (Å²) in [4.78, 5) is 26.1. The Balaban J connectivity index is 1.90. The molecule has 3 amide bonds. The molecule has 168 valence electrons. The molecule has 3 N–H and O–H groups in total. The largest absolute Gasteiger partial charge is 0.334 e. The van der Waals surface area contributed by atoms with Gasteiger partial charge in [-0.2, -0.15) is 0 Å². The van der Waals surface area contributed by atoms with Crippen LogP contribution in [0.2, 0.25) is 10.0 Å². The summed E-state index contributed by atoms with van der Waals surface area (Å²) in [6, 6.07) is 11.3. The number of nitrogens with one attached hydrogen (secondary N) is 3. The molecule has 2 aromatic carbocycles. The van der Waals surface area contributed by atoms with Crippen molar-refractivity contribution in [3.8, 4) is 0 Å². The molecule has 0 unspecified atom stereocenters. The third kappa shape index (κ3) is 7.70. The van der Waals surface area contributed by atoms with E-state index in [0.717, 1.165) is 5.56 Å². The number of benzene rings is 2. The summed E-state index contributed by atoms with van der Waals surface area (Å²) in [5.41, 5.74) is 1.73. The van der Waals surface area contributed by atoms with Crippen molar-refractivity contribution in [3.05, 3.63) is 63.6 Å². The Morgan fingerprint density at radius 2 is 1.58 bits per heavy atom. The summed E-state index contributed by atoms with van der Waals surface area (Å²) in [6.45, 7) is 2.12. The maximum atomic E-state index is 12.5. The van der Waals surface area contributed by atoms with Crippen LogP contribution in [0.4, 0.5) is 10.5 Å². The number of anilines is 1. The number of hydrogen-bond donors (Lipinski definition) is 3. The first kappa shape index (κ1) is 24.9. The number of halogens is 2. The van der Waals surface area contributed by atoms with Gasteiger partial charge in [-0.05, 0) is 37.2 Å². The maximum absolute atomic E-state index is 12.5. The average molecular weight is 487 g/mol. The molecule has 0 aliphatic carbocycles. The van der Waals surface area contributed by atoms with E-state index < -0.39 is 22.0 Å². The Morgan fingerprint density at radius 3 is 2.13 bits per heavy atom. The highest BCUT2D eigenvalue weighted by Gasteiger charge is 2.17. The van der Waals surface area contributed by atoms with Crippen LogP contribution in [0.25, 0.3) is 0 Å². The van der Waals surface area contributed by atoms with Gasteiger partial charge < -0.3 is 15.5 Å². The Morgan fingerprint density at radius 1 is 1.00 bits per heavy atom. The molecule has 0 saturated carbocycles. The predicted octanol–water partition coefficient (Wildman–Crippen LogP) is 3.21. The van der Waals surface area contributed by atoms with Crippen molar-refractivity contribution in [2.45, 2.75) is 19.2 Å². The highest BCUT2D eigenvalue weighted by atomic mass is 35.5. The molecule has 0 aromatic heterocycles. The molecule has 2 rings (SSSR count). The fourth-order valence-corrected chi connectivity index (χ4v) is 3.90. The van der Waals surface area contributed by atoms with E-state index in [9.17, 15) is 18.0 Å². The third-order valence-electron chi connectivity index (χ3n) is 4.36. The minimum absolute atomic E-state index is 0.121. The highest BCUT2D eigenvalue weighted by molar-refractivity contribution is 7.88. The SMILES string of the molecule is CCN(CC(=O)Nc1c(Cl)cccc1Cl)C(=O)NCc1ccc(CS(=O)(=O)NC)cc1. The summed E-state index contributed by atoms with van der Waals surface area (Å²) < 4.78 is 25.5. The second-order valence-corrected chi connectivity index (χ2v) is 9.34. The monoisotopic (exact) mass is 486 g/mol. The van der Waals surface area contributed by atoms with E-state index in [4.69, 9.17) is 23.2 Å². The molecule has 0 atom stereocenters. The summed E-state index contributed by atoms with van der Waals surface area (Å²) in [5.74, 6) is -0.549. The van der Waals surface area contributed by atoms with Crippen molar-refractivity contribution >= 4 is 50.9 Å². The summed E-state index contributed by atoms with van der Waals surface area (Å²) in [5, 5.41) is 5.98. The van der Waals surface area contributed by atoms with E-state index in [1.807, 2.05) is 0 Å². The zero-order valence-electron chi connectivity index (χ0n) is 17.1. The van der Waals surface area contributed by atoms with Gasteiger partial charge in [-0.15, -0.1) is 0 Å². The minimum Gasteiger partial charge on any atom is -0.334 e. The van der Waals surface area contributed by atoms with E-state index in [1.165, 1.54) is 11.9 Å². The highest BCUT2D eigenvalue weighted by Crippen LogP contribution is 2.29. The molecule has 0 bridgehead atoms. The van der Waals surface area contributed by atoms with Crippen LogP contribution in [0, 0.1) is 0 Å². The molecule has 0 aliphatic heterocycles. The molecule has 0 radical (unpaired) electrons. The number of hydrogen-bond acceptors (Lipinski definition) is 4. The molecule has 0 heterocycles. The molecule has 2 aromatic rings. The van der Waals surface area contributed by atoms with Gasteiger partial charge in [0.25, 0.3) is 0 Å². The van der Waals surface area contributed by atoms with Crippen LogP contribution in [0.1, 0.15) is 18.1 Å². The molecular formula is C20H24Cl2N4O4S. The fraction of sp³-hybridized carbons (Fsp3) is 0.300. The van der Waals surface area contributed by atoms with E-state index in [-0.39, 0.29) is 18.8 Å². The van der Waals surface area contributed by atoms with Gasteiger partial charge in [0.2, 0.25) is 15.9 Å². The normalized spacial score (nSPS) is 11.1. The number of para-hydroxylation sites is 1. The molecule has 0 fully saturated rings. The average Bonchev–Trinajstić information content (AvgIpc) is 2.73. The topological polar surface area (TPSA) is 108 Å². The first-order chi connectivity index (χ1) is 14.6. The summed E-state index contributed by atoms with van der Waals surface area (Å²) >= 11 is 12.1. The number of nitrogens with zero attached hydrogens (tertiary/aromatic N) is 1. The van der Waals surface area contributed by atoms with E-state index in [1.54, 1.807) is 49.4 Å². The standard InChI is InChI=1S/C20H24Cl2N4O4S/c1-3-26(12-18(27)25-19-16(21)5-4-6-17(19)22)20(28)24-11-14-7-9-15(10-8-14)13-31(29,30)23-2/h4-10,23H,3,11-13H2,1-2H3,(H,24,28)(H,25,27). The fourth-order valence-electron chi connectivity index (χ4n) is 2.63. The number of likely N-dealkylation sites (N-methyl/N-ethyl adjacent to an activating group) is 1. The lowest BCUT2D eigenvalue weighted by Crippen LogP contribution is -2.43. The van der Waals surface area contributed by atoms with Gasteiger partial charge in [0.05, 0.1) is 21.5 Å². The van der Waals surface area contributed by atoms with Crippen molar-refractivity contribution in [2.75, 3.05) is 25.5 Å². The van der Waals surface area contributed by atoms with Crippen LogP contribution in [0.3, 0.4) is 0 Å². The van der Waals surface area contributed by atoms with Crippen molar-refractivity contribution in [1.29, 1.82) is 0 Å². The zero-order chi connectivity index (χ0) is 23.0. The summed E-state index contributed by atoms with van der Waals surface area (Å²) in [6.07, 6.45) is 0. The zero-order valence-corrected chi connectivity index (χ0v) is 19.4. The Labute approximate surface area is 192 Å². The van der Waals surface area contributed by atoms with Crippen LogP contribution in [0.15, 0.2) is 42.5 Å². The molecule has 0 spiro atoms. The quantitative estimate of drug-likeness (QED) is 0.505. The van der Waals surface area contributed by atoms with E-state index >= 15 is 0 Å². The van der Waals surface area contributed by atoms with Gasteiger partial charge in [-0.25, -0.2) is 17.9 Å². The number of rotatable bonds is 9. The van der Waals surface area contributed by atoms with Gasteiger partial charge >= 0.3 is 6.03 Å². The van der Waals surface area contributed by atoms with Crippen LogP contribution in [0.5, 0.6) is 0 Å². The molecule has 0 saturated heterocycles. The molecule has 31 heavy (non-hydrogen) atoms. The number of amides is 3. The number of carbonyl (C=O) groups is 2. The molecule has 0 aliphatic rings. The Kier molecular flexibility index (Phi) is 9.12. The lowest BCUT2D eigenvalue weighted by Gasteiger charge is -2.21. The number of sulfonamides is 1. The van der Waals surface area contributed by atoms with E-state index in [2.05, 4.69) is 15.4 Å². The van der Waals surface area contributed by atoms with Crippen LogP contribution in [-0.4, -0.2) is 45.4 Å². The van der Waals surface area contributed by atoms with Crippen LogP contribution < -0.4 is 15.4 Å². The maximum Gasteiger partial charge on any atom is 0.318 e. The van der Waals surface area contributed by atoms with Crippen molar-refractivity contribution in [1.82, 2.24) is 14.9 Å². The second kappa shape index (κ2) is 11.3. The van der Waals surface area contributed by atoms with Crippen LogP contribution in [-0.2, 0) is 27.1 Å². The van der Waals surface area contributed by atoms with Gasteiger partial charge in [0.15, 0.2) is 0 Å². The first-order valence-electron chi connectivity index (χ1n) is 9.41. The lowest BCUT2D eigenvalue weighted by atomic mass is 10.1. The number of urea groups is 1. The van der Waals surface area contributed by atoms with Gasteiger partial charge in [0, 0.05) is 13.1 Å². The van der Waals surface area contributed by atoms with E-state index in [0.29, 0.717) is 27.8 Å². The van der Waals surface area contributed by atoms with Crippen molar-refractivity contribution in [3.63, 3.8) is 0 Å². The van der Waals surface area contributed by atoms with Gasteiger partial charge in [-0.1, -0.05) is 53.5 Å². The molecule has 8 nitrogen and oxygen atoms in total. The number of carbonyl (C=O) groups excluding carboxylic acids is 2. The van der Waals surface area contributed by atoms with Crippen molar-refractivity contribution < 1.29 is 18.0 Å². The lowest BCUT2D eigenvalue weighted by molar-refractivity contribution is -0.116. The first-order valence-corrected chi connectivity index (χ1v) is 11.8. The Hall–Kier alpha value is -2.33. The van der Waals surface area contributed by atoms with Crippen LogP contribution >= 0.6 is 23.2 Å². The summed E-state index contributed by atoms with van der Waals surface area (Å²) in [7, 11) is -1.98. The smallest absolute Gasteiger partial charge is 0.318 e. The second-order valence-electron chi connectivity index (χ2n) is 6.60. The predicted molar refractivity (Wildman–Crippen MR) is 123 cm³/mol.